The molecule has 2 fully saturated rings. The summed E-state index contributed by atoms with van der Waals surface area (Å²) >= 11 is 3.20. The van der Waals surface area contributed by atoms with Crippen molar-refractivity contribution in [3.8, 4) is 0 Å². The van der Waals surface area contributed by atoms with Gasteiger partial charge in [-0.2, -0.15) is 0 Å². The van der Waals surface area contributed by atoms with E-state index in [1.165, 1.54) is 0 Å². The average Bonchev–Trinajstić information content (AvgIpc) is 2.98. The summed E-state index contributed by atoms with van der Waals surface area (Å²) in [4.78, 5) is 14.0. The monoisotopic (exact) mass is 315 g/mol. The van der Waals surface area contributed by atoms with Crippen LogP contribution in [-0.4, -0.2) is 42.9 Å². The summed E-state index contributed by atoms with van der Waals surface area (Å²) in [6.07, 6.45) is 1.73. The van der Waals surface area contributed by atoms with Crippen LogP contribution in [0.2, 0.25) is 0 Å². The molecule has 2 aliphatic heterocycles. The number of rotatable bonds is 1. The van der Waals surface area contributed by atoms with Gasteiger partial charge in [-0.25, -0.2) is 0 Å². The molecule has 18 heavy (non-hydrogen) atoms. The fraction of sp³-hybridized carbons (Fsp3) is 0.583. The molecule has 3 heterocycles. The van der Waals surface area contributed by atoms with Crippen molar-refractivity contribution in [3.63, 3.8) is 0 Å². The van der Waals surface area contributed by atoms with E-state index in [0.29, 0.717) is 36.7 Å². The Morgan fingerprint density at radius 3 is 2.78 bits per heavy atom. The third kappa shape index (κ3) is 2.20. The van der Waals surface area contributed by atoms with Crippen molar-refractivity contribution >= 4 is 21.8 Å². The molecular weight excluding hydrogens is 302 g/mol. The van der Waals surface area contributed by atoms with Gasteiger partial charge in [0.15, 0.2) is 16.2 Å². The first kappa shape index (κ1) is 12.2. The maximum absolute atomic E-state index is 12.3. The van der Waals surface area contributed by atoms with Crippen molar-refractivity contribution in [2.45, 2.75) is 18.6 Å². The summed E-state index contributed by atoms with van der Waals surface area (Å²) in [7, 11) is 0. The lowest BCUT2D eigenvalue weighted by atomic mass is 10.0. The Kier molecular flexibility index (Phi) is 3.17. The lowest BCUT2D eigenvalue weighted by Crippen LogP contribution is -2.50. The van der Waals surface area contributed by atoms with Crippen LogP contribution >= 0.6 is 15.9 Å². The first-order valence-corrected chi connectivity index (χ1v) is 6.80. The Morgan fingerprint density at radius 2 is 2.11 bits per heavy atom. The van der Waals surface area contributed by atoms with Gasteiger partial charge >= 0.3 is 0 Å². The number of carbonyl (C=O) groups is 1. The molecule has 0 atom stereocenters. The summed E-state index contributed by atoms with van der Waals surface area (Å²) < 4.78 is 17.1. The zero-order valence-corrected chi connectivity index (χ0v) is 11.4. The molecule has 6 heteroatoms. The van der Waals surface area contributed by atoms with Crippen molar-refractivity contribution in [2.75, 3.05) is 26.3 Å². The van der Waals surface area contributed by atoms with Gasteiger partial charge in [-0.15, -0.1) is 0 Å². The number of carbonyl (C=O) groups excluding carboxylic acids is 1. The number of halogens is 1. The van der Waals surface area contributed by atoms with E-state index >= 15 is 0 Å². The lowest BCUT2D eigenvalue weighted by molar-refractivity contribution is -0.183. The molecule has 0 radical (unpaired) electrons. The van der Waals surface area contributed by atoms with Crippen LogP contribution in [0.1, 0.15) is 23.4 Å². The van der Waals surface area contributed by atoms with Crippen molar-refractivity contribution in [3.05, 3.63) is 22.6 Å². The maximum atomic E-state index is 12.3. The topological polar surface area (TPSA) is 51.9 Å². The van der Waals surface area contributed by atoms with Crippen LogP contribution in [0.15, 0.2) is 21.2 Å². The minimum absolute atomic E-state index is 0.112. The molecule has 1 amide bonds. The number of likely N-dealkylation sites (tertiary alicyclic amines) is 1. The van der Waals surface area contributed by atoms with Gasteiger partial charge in [0, 0.05) is 13.0 Å². The minimum atomic E-state index is -0.586. The van der Waals surface area contributed by atoms with Crippen LogP contribution in [0.4, 0.5) is 0 Å². The molecule has 2 aliphatic rings. The van der Waals surface area contributed by atoms with Crippen molar-refractivity contribution in [1.29, 1.82) is 0 Å². The Balaban J connectivity index is 1.74. The van der Waals surface area contributed by atoms with E-state index in [1.807, 2.05) is 0 Å². The number of nitrogens with zero attached hydrogens (tertiary/aromatic N) is 1. The molecule has 1 aromatic heterocycles. The molecule has 0 bridgehead atoms. The molecule has 0 unspecified atom stereocenters. The van der Waals surface area contributed by atoms with Gasteiger partial charge in [0.1, 0.15) is 0 Å². The molecule has 5 nitrogen and oxygen atoms in total. The molecule has 98 valence electrons. The highest BCUT2D eigenvalue weighted by Gasteiger charge is 2.42. The molecule has 1 aromatic rings. The SMILES string of the molecule is O=C(c1ccc(Br)o1)N1CCCC2(C1)OCCO2. The van der Waals surface area contributed by atoms with Crippen LogP contribution in [0.3, 0.4) is 0 Å². The van der Waals surface area contributed by atoms with Crippen LogP contribution in [0, 0.1) is 0 Å². The highest BCUT2D eigenvalue weighted by molar-refractivity contribution is 9.10. The average molecular weight is 316 g/mol. The van der Waals surface area contributed by atoms with E-state index in [-0.39, 0.29) is 5.91 Å². The van der Waals surface area contributed by atoms with E-state index in [1.54, 1.807) is 17.0 Å². The van der Waals surface area contributed by atoms with E-state index in [0.717, 1.165) is 12.8 Å². The standard InChI is InChI=1S/C12H14BrNO4/c13-10-3-2-9(18-10)11(15)14-5-1-4-12(8-14)16-6-7-17-12/h2-3H,1,4-8H2. The predicted molar refractivity (Wildman–Crippen MR) is 66.2 cm³/mol. The van der Waals surface area contributed by atoms with Gasteiger partial charge in [0.25, 0.3) is 5.91 Å². The second-order valence-corrected chi connectivity index (χ2v) is 5.32. The Labute approximate surface area is 113 Å². The van der Waals surface area contributed by atoms with E-state index in [2.05, 4.69) is 15.9 Å². The summed E-state index contributed by atoms with van der Waals surface area (Å²) in [5.74, 6) is -0.353. The maximum Gasteiger partial charge on any atom is 0.289 e. The van der Waals surface area contributed by atoms with E-state index in [9.17, 15) is 4.79 Å². The van der Waals surface area contributed by atoms with E-state index < -0.39 is 5.79 Å². The quantitative estimate of drug-likeness (QED) is 0.795. The molecule has 3 rings (SSSR count). The number of furan rings is 1. The number of hydrogen-bond donors (Lipinski definition) is 0. The van der Waals surface area contributed by atoms with Crippen LogP contribution < -0.4 is 0 Å². The molecule has 2 saturated heterocycles. The van der Waals surface area contributed by atoms with Gasteiger partial charge in [-0.1, -0.05) is 0 Å². The summed E-state index contributed by atoms with van der Waals surface area (Å²) in [6.45, 7) is 2.40. The van der Waals surface area contributed by atoms with Gasteiger partial charge in [0.05, 0.1) is 19.8 Å². The highest BCUT2D eigenvalue weighted by Crippen LogP contribution is 2.31. The Hall–Kier alpha value is -0.850. The summed E-state index contributed by atoms with van der Waals surface area (Å²) in [6, 6.07) is 3.39. The first-order chi connectivity index (χ1) is 8.69. The number of hydrogen-bond acceptors (Lipinski definition) is 4. The fourth-order valence-corrected chi connectivity index (χ4v) is 2.79. The molecule has 0 N–H and O–H groups in total. The van der Waals surface area contributed by atoms with Crippen molar-refractivity contribution in [1.82, 2.24) is 4.90 Å². The van der Waals surface area contributed by atoms with Gasteiger partial charge in [0.2, 0.25) is 0 Å². The van der Waals surface area contributed by atoms with Crippen LogP contribution in [0.5, 0.6) is 0 Å². The molecule has 0 saturated carbocycles. The molecular formula is C12H14BrNO4. The Morgan fingerprint density at radius 1 is 1.33 bits per heavy atom. The normalized spacial score (nSPS) is 22.6. The van der Waals surface area contributed by atoms with Crippen LogP contribution in [-0.2, 0) is 9.47 Å². The Bertz CT molecular complexity index is 453. The second-order valence-electron chi connectivity index (χ2n) is 4.54. The minimum Gasteiger partial charge on any atom is -0.444 e. The van der Waals surface area contributed by atoms with Gasteiger partial charge in [-0.05, 0) is 34.5 Å². The third-order valence-electron chi connectivity index (χ3n) is 3.30. The molecule has 0 aliphatic carbocycles. The zero-order valence-electron chi connectivity index (χ0n) is 9.86. The van der Waals surface area contributed by atoms with Gasteiger partial charge < -0.3 is 18.8 Å². The highest BCUT2D eigenvalue weighted by atomic mass is 79.9. The summed E-state index contributed by atoms with van der Waals surface area (Å²) in [5.41, 5.74) is 0. The van der Waals surface area contributed by atoms with Crippen LogP contribution in [0.25, 0.3) is 0 Å². The van der Waals surface area contributed by atoms with Crippen molar-refractivity contribution in [2.24, 2.45) is 0 Å². The fourth-order valence-electron chi connectivity index (χ4n) is 2.48. The number of amides is 1. The predicted octanol–water partition coefficient (Wildman–Crippen LogP) is 2.02. The smallest absolute Gasteiger partial charge is 0.289 e. The first-order valence-electron chi connectivity index (χ1n) is 6.01. The molecule has 1 spiro atoms. The summed E-state index contributed by atoms with van der Waals surface area (Å²) in [5, 5.41) is 0. The number of ether oxygens (including phenoxy) is 2. The lowest BCUT2D eigenvalue weighted by Gasteiger charge is -2.38. The number of piperidine rings is 1. The molecule has 0 aromatic carbocycles. The third-order valence-corrected chi connectivity index (χ3v) is 3.73. The largest absolute Gasteiger partial charge is 0.444 e. The van der Waals surface area contributed by atoms with Crippen molar-refractivity contribution < 1.29 is 18.7 Å². The second kappa shape index (κ2) is 4.68. The van der Waals surface area contributed by atoms with Gasteiger partial charge in [-0.3, -0.25) is 4.79 Å². The van der Waals surface area contributed by atoms with E-state index in [4.69, 9.17) is 13.9 Å². The zero-order chi connectivity index (χ0) is 12.6.